The van der Waals surface area contributed by atoms with Crippen molar-refractivity contribution < 1.29 is 27.6 Å². The van der Waals surface area contributed by atoms with Crippen molar-refractivity contribution in [3.8, 4) is 0 Å². The fraction of sp³-hybridized carbons (Fsp3) is 0.423. The number of hydrogen-bond donors (Lipinski definition) is 1. The van der Waals surface area contributed by atoms with E-state index in [0.29, 0.717) is 24.5 Å². The van der Waals surface area contributed by atoms with Gasteiger partial charge in [-0.25, -0.2) is 13.2 Å². The Morgan fingerprint density at radius 2 is 1.64 bits per heavy atom. The van der Waals surface area contributed by atoms with Crippen LogP contribution in [0.3, 0.4) is 0 Å². The van der Waals surface area contributed by atoms with Crippen LogP contribution >= 0.6 is 11.8 Å². The van der Waals surface area contributed by atoms with Crippen LogP contribution in [0.15, 0.2) is 36.4 Å². The lowest BCUT2D eigenvalue weighted by Crippen LogP contribution is -2.50. The van der Waals surface area contributed by atoms with E-state index in [1.54, 1.807) is 24.3 Å². The number of halogens is 3. The molecule has 3 aliphatic rings. The molecule has 10 heteroatoms. The van der Waals surface area contributed by atoms with Crippen LogP contribution < -0.4 is 5.73 Å². The fourth-order valence-electron chi connectivity index (χ4n) is 5.66. The van der Waals surface area contributed by atoms with Gasteiger partial charge in [0.05, 0.1) is 12.3 Å². The minimum Gasteiger partial charge on any atom is -0.333 e. The van der Waals surface area contributed by atoms with Gasteiger partial charge in [0.25, 0.3) is 11.1 Å². The zero-order valence-corrected chi connectivity index (χ0v) is 20.3. The SMILES string of the molecule is N[C@H](Cc1cc(F)c(F)cc1F)C1C[C@H]2CC[C@@H](C1)N2C(=O)c1ccc(CN2C(=O)CSC2=O)cc1. The maximum absolute atomic E-state index is 14.1. The maximum Gasteiger partial charge on any atom is 0.289 e. The molecule has 3 amide bonds. The summed E-state index contributed by atoms with van der Waals surface area (Å²) in [5.74, 6) is -3.21. The van der Waals surface area contributed by atoms with E-state index >= 15 is 0 Å². The Hall–Kier alpha value is -2.85. The summed E-state index contributed by atoms with van der Waals surface area (Å²) in [4.78, 5) is 40.1. The molecule has 4 atom stereocenters. The quantitative estimate of drug-likeness (QED) is 0.580. The van der Waals surface area contributed by atoms with Crippen molar-refractivity contribution in [2.24, 2.45) is 11.7 Å². The van der Waals surface area contributed by atoms with Gasteiger partial charge in [-0.15, -0.1) is 0 Å². The number of rotatable bonds is 6. The first-order valence-electron chi connectivity index (χ1n) is 12.0. The number of nitrogens with zero attached hydrogens (tertiary/aromatic N) is 2. The molecule has 3 heterocycles. The van der Waals surface area contributed by atoms with Gasteiger partial charge in [0.1, 0.15) is 5.82 Å². The molecule has 3 aliphatic heterocycles. The van der Waals surface area contributed by atoms with Crippen LogP contribution in [0, 0.1) is 23.4 Å². The molecule has 36 heavy (non-hydrogen) atoms. The van der Waals surface area contributed by atoms with E-state index in [-0.39, 0.29) is 59.3 Å². The molecule has 0 radical (unpaired) electrons. The highest BCUT2D eigenvalue weighted by Crippen LogP contribution is 2.41. The Labute approximate surface area is 211 Å². The molecular formula is C26H26F3N3O3S. The second kappa shape index (κ2) is 9.89. The second-order valence-electron chi connectivity index (χ2n) is 9.79. The lowest BCUT2D eigenvalue weighted by molar-refractivity contribution is -0.125. The number of nitrogens with two attached hydrogens (primary N) is 1. The molecule has 5 rings (SSSR count). The molecule has 0 saturated carbocycles. The average molecular weight is 518 g/mol. The molecule has 0 spiro atoms. The van der Waals surface area contributed by atoms with Crippen LogP contribution in [0.1, 0.15) is 47.2 Å². The van der Waals surface area contributed by atoms with Crippen LogP contribution in [-0.2, 0) is 17.8 Å². The molecule has 0 aromatic heterocycles. The van der Waals surface area contributed by atoms with E-state index in [0.717, 1.165) is 36.2 Å². The van der Waals surface area contributed by atoms with Crippen LogP contribution in [0.5, 0.6) is 0 Å². The summed E-state index contributed by atoms with van der Waals surface area (Å²) in [5, 5.41) is -0.259. The molecule has 2 aromatic rings. The van der Waals surface area contributed by atoms with E-state index in [4.69, 9.17) is 5.73 Å². The molecule has 3 saturated heterocycles. The lowest BCUT2D eigenvalue weighted by Gasteiger charge is -2.41. The number of fused-ring (bicyclic) bond motifs is 2. The summed E-state index contributed by atoms with van der Waals surface area (Å²) in [5.41, 5.74) is 7.75. The Bertz CT molecular complexity index is 1180. The van der Waals surface area contributed by atoms with Crippen molar-refractivity contribution in [1.29, 1.82) is 0 Å². The number of carbonyl (C=O) groups excluding carboxylic acids is 3. The number of piperidine rings is 1. The van der Waals surface area contributed by atoms with Gasteiger partial charge in [-0.2, -0.15) is 0 Å². The number of hydrogen-bond acceptors (Lipinski definition) is 5. The van der Waals surface area contributed by atoms with E-state index in [1.807, 2.05) is 4.90 Å². The monoisotopic (exact) mass is 517 g/mol. The van der Waals surface area contributed by atoms with Crippen molar-refractivity contribution in [3.05, 3.63) is 70.5 Å². The standard InChI is InChI=1S/C26H26F3N3O3S/c27-20-11-22(29)21(28)9-16(20)10-23(30)17-7-18-5-6-19(8-17)32(18)25(34)15-3-1-14(2-4-15)12-31-24(33)13-36-26(31)35/h1-4,9,11,17-19,23H,5-8,10,12-13,30H2/t17?,18-,19+,23-/m1/s1. The van der Waals surface area contributed by atoms with Crippen LogP contribution in [0.25, 0.3) is 0 Å². The van der Waals surface area contributed by atoms with Crippen molar-refractivity contribution in [1.82, 2.24) is 9.80 Å². The molecule has 6 nitrogen and oxygen atoms in total. The zero-order chi connectivity index (χ0) is 25.6. The zero-order valence-electron chi connectivity index (χ0n) is 19.5. The third-order valence-electron chi connectivity index (χ3n) is 7.54. The molecule has 2 aromatic carbocycles. The Morgan fingerprint density at radius 1 is 1.00 bits per heavy atom. The molecule has 2 bridgehead atoms. The highest BCUT2D eigenvalue weighted by atomic mass is 32.2. The first-order valence-corrected chi connectivity index (χ1v) is 13.0. The first-order chi connectivity index (χ1) is 17.2. The molecule has 0 aliphatic carbocycles. The number of thioether (sulfide) groups is 1. The highest BCUT2D eigenvalue weighted by Gasteiger charge is 2.44. The number of amides is 3. The number of carbonyl (C=O) groups is 3. The van der Waals surface area contributed by atoms with Crippen molar-refractivity contribution in [2.75, 3.05) is 5.75 Å². The van der Waals surface area contributed by atoms with Crippen molar-refractivity contribution >= 4 is 28.8 Å². The van der Waals surface area contributed by atoms with Gasteiger partial charge in [0.2, 0.25) is 5.91 Å². The molecule has 1 unspecified atom stereocenters. The topological polar surface area (TPSA) is 83.7 Å². The van der Waals surface area contributed by atoms with Gasteiger partial charge < -0.3 is 10.6 Å². The average Bonchev–Trinajstić information content (AvgIpc) is 3.31. The third kappa shape index (κ3) is 4.76. The Balaban J connectivity index is 1.22. The maximum atomic E-state index is 14.1. The number of imide groups is 1. The molecule has 3 fully saturated rings. The molecule has 2 N–H and O–H groups in total. The van der Waals surface area contributed by atoms with Crippen LogP contribution in [-0.4, -0.2) is 50.7 Å². The van der Waals surface area contributed by atoms with Gasteiger partial charge in [-0.1, -0.05) is 23.9 Å². The normalized spacial score (nSPS) is 24.5. The number of benzene rings is 2. The lowest BCUT2D eigenvalue weighted by atomic mass is 9.82. The van der Waals surface area contributed by atoms with E-state index < -0.39 is 23.5 Å². The minimum atomic E-state index is -1.22. The summed E-state index contributed by atoms with van der Waals surface area (Å²) in [6, 6.07) is 7.98. The summed E-state index contributed by atoms with van der Waals surface area (Å²) in [7, 11) is 0. The van der Waals surface area contributed by atoms with E-state index in [2.05, 4.69) is 0 Å². The Morgan fingerprint density at radius 3 is 2.25 bits per heavy atom. The summed E-state index contributed by atoms with van der Waals surface area (Å²) >= 11 is 0.989. The first kappa shape index (κ1) is 24.8. The van der Waals surface area contributed by atoms with Gasteiger partial charge in [-0.05, 0) is 67.3 Å². The summed E-state index contributed by atoms with van der Waals surface area (Å²) in [6.45, 7) is 0.187. The summed E-state index contributed by atoms with van der Waals surface area (Å²) < 4.78 is 40.9. The van der Waals surface area contributed by atoms with E-state index in [1.165, 1.54) is 4.90 Å². The predicted molar refractivity (Wildman–Crippen MR) is 129 cm³/mol. The second-order valence-corrected chi connectivity index (χ2v) is 10.7. The van der Waals surface area contributed by atoms with Crippen LogP contribution in [0.2, 0.25) is 0 Å². The summed E-state index contributed by atoms with van der Waals surface area (Å²) in [6.07, 6.45) is 3.15. The van der Waals surface area contributed by atoms with Gasteiger partial charge in [0.15, 0.2) is 11.6 Å². The van der Waals surface area contributed by atoms with E-state index in [9.17, 15) is 27.6 Å². The van der Waals surface area contributed by atoms with Gasteiger partial charge in [0, 0.05) is 29.8 Å². The molecular weight excluding hydrogens is 491 g/mol. The molecule has 190 valence electrons. The predicted octanol–water partition coefficient (Wildman–Crippen LogP) is 4.25. The minimum absolute atomic E-state index is 0.0126. The highest BCUT2D eigenvalue weighted by molar-refractivity contribution is 8.14. The Kier molecular flexibility index (Phi) is 6.82. The van der Waals surface area contributed by atoms with Crippen LogP contribution in [0.4, 0.5) is 18.0 Å². The van der Waals surface area contributed by atoms with Gasteiger partial charge >= 0.3 is 0 Å². The fourth-order valence-corrected chi connectivity index (χ4v) is 6.38. The van der Waals surface area contributed by atoms with Crippen molar-refractivity contribution in [3.63, 3.8) is 0 Å². The third-order valence-corrected chi connectivity index (χ3v) is 8.40. The van der Waals surface area contributed by atoms with Gasteiger partial charge in [-0.3, -0.25) is 19.3 Å². The largest absolute Gasteiger partial charge is 0.333 e. The van der Waals surface area contributed by atoms with Crippen molar-refractivity contribution in [2.45, 2.75) is 56.8 Å². The smallest absolute Gasteiger partial charge is 0.289 e.